The van der Waals surface area contributed by atoms with Crippen molar-refractivity contribution in [2.75, 3.05) is 6.61 Å². The third-order valence-electron chi connectivity index (χ3n) is 3.47. The van der Waals surface area contributed by atoms with Gasteiger partial charge in [0.25, 0.3) is 0 Å². The van der Waals surface area contributed by atoms with Crippen molar-refractivity contribution in [1.82, 2.24) is 5.32 Å². The molecule has 0 radical (unpaired) electrons. The predicted octanol–water partition coefficient (Wildman–Crippen LogP) is 0.824. The largest absolute Gasteiger partial charge is 0.480 e. The zero-order valence-corrected chi connectivity index (χ0v) is 11.2. The standard InChI is InChI=1S/C15H17NO4/c1-9-6-10-4-2-3-5-11(10)7-12(9)14(18)16-13(8-17)15(19)20/h2-5,7,9,13,17H,6,8H2,1H3,(H,16,18)(H,19,20). The number of aliphatic hydroxyl groups excluding tert-OH is 1. The Morgan fingerprint density at radius 2 is 2.10 bits per heavy atom. The topological polar surface area (TPSA) is 86.6 Å². The summed E-state index contributed by atoms with van der Waals surface area (Å²) < 4.78 is 0. The van der Waals surface area contributed by atoms with Gasteiger partial charge in [-0.25, -0.2) is 4.79 Å². The molecule has 5 heteroatoms. The Hall–Kier alpha value is -2.14. The quantitative estimate of drug-likeness (QED) is 0.759. The average Bonchev–Trinajstić information content (AvgIpc) is 2.43. The van der Waals surface area contributed by atoms with Crippen LogP contribution in [0.15, 0.2) is 29.8 Å². The molecule has 1 aliphatic carbocycles. The van der Waals surface area contributed by atoms with Crippen LogP contribution in [0.25, 0.3) is 6.08 Å². The van der Waals surface area contributed by atoms with Gasteiger partial charge in [0, 0.05) is 5.57 Å². The smallest absolute Gasteiger partial charge is 0.328 e. The van der Waals surface area contributed by atoms with Crippen LogP contribution in [-0.4, -0.2) is 34.7 Å². The number of aliphatic carboxylic acids is 1. The summed E-state index contributed by atoms with van der Waals surface area (Å²) in [4.78, 5) is 23.0. The van der Waals surface area contributed by atoms with Crippen LogP contribution in [0.2, 0.25) is 0 Å². The molecule has 2 rings (SSSR count). The Balaban J connectivity index is 2.22. The number of amides is 1. The minimum absolute atomic E-state index is 0.0121. The molecule has 2 unspecified atom stereocenters. The minimum atomic E-state index is -1.27. The summed E-state index contributed by atoms with van der Waals surface area (Å²) in [7, 11) is 0. The van der Waals surface area contributed by atoms with E-state index in [0.717, 1.165) is 12.0 Å². The zero-order valence-electron chi connectivity index (χ0n) is 11.2. The maximum absolute atomic E-state index is 12.1. The van der Waals surface area contributed by atoms with Crippen LogP contribution < -0.4 is 5.32 Å². The molecule has 3 N–H and O–H groups in total. The SMILES string of the molecule is CC1Cc2ccccc2C=C1C(=O)NC(CO)C(=O)O. The molecule has 0 spiro atoms. The van der Waals surface area contributed by atoms with Crippen molar-refractivity contribution >= 4 is 18.0 Å². The van der Waals surface area contributed by atoms with Crippen molar-refractivity contribution in [3.8, 4) is 0 Å². The van der Waals surface area contributed by atoms with Gasteiger partial charge in [-0.2, -0.15) is 0 Å². The number of carbonyl (C=O) groups excluding carboxylic acids is 1. The van der Waals surface area contributed by atoms with E-state index in [2.05, 4.69) is 5.32 Å². The van der Waals surface area contributed by atoms with E-state index in [-0.39, 0.29) is 5.92 Å². The highest BCUT2D eigenvalue weighted by Crippen LogP contribution is 2.28. The van der Waals surface area contributed by atoms with Crippen LogP contribution in [-0.2, 0) is 16.0 Å². The van der Waals surface area contributed by atoms with Crippen molar-refractivity contribution in [3.63, 3.8) is 0 Å². The molecular formula is C15H17NO4. The highest BCUT2D eigenvalue weighted by Gasteiger charge is 2.26. The van der Waals surface area contributed by atoms with Gasteiger partial charge in [0.1, 0.15) is 0 Å². The van der Waals surface area contributed by atoms with Crippen LogP contribution in [0.3, 0.4) is 0 Å². The Bertz CT molecular complexity index is 565. The molecular weight excluding hydrogens is 258 g/mol. The first-order valence-electron chi connectivity index (χ1n) is 6.47. The van der Waals surface area contributed by atoms with Gasteiger partial charge < -0.3 is 15.5 Å². The van der Waals surface area contributed by atoms with Crippen LogP contribution in [0, 0.1) is 5.92 Å². The lowest BCUT2D eigenvalue weighted by atomic mass is 9.84. The molecule has 0 fully saturated rings. The molecule has 1 aliphatic rings. The third-order valence-corrected chi connectivity index (χ3v) is 3.47. The number of carbonyl (C=O) groups is 2. The number of benzene rings is 1. The normalized spacial score (nSPS) is 18.7. The Kier molecular flexibility index (Phi) is 4.20. The van der Waals surface area contributed by atoms with Crippen molar-refractivity contribution in [3.05, 3.63) is 41.0 Å². The first-order chi connectivity index (χ1) is 9.52. The van der Waals surface area contributed by atoms with Gasteiger partial charge in [0.05, 0.1) is 6.61 Å². The van der Waals surface area contributed by atoms with E-state index in [0.29, 0.717) is 5.57 Å². The van der Waals surface area contributed by atoms with Crippen LogP contribution in [0.1, 0.15) is 18.1 Å². The van der Waals surface area contributed by atoms with Gasteiger partial charge in [0.15, 0.2) is 6.04 Å². The van der Waals surface area contributed by atoms with Crippen LogP contribution in [0.4, 0.5) is 0 Å². The van der Waals surface area contributed by atoms with Crippen molar-refractivity contribution in [2.24, 2.45) is 5.92 Å². The molecule has 1 aromatic rings. The lowest BCUT2D eigenvalue weighted by Gasteiger charge is -2.23. The van der Waals surface area contributed by atoms with Crippen LogP contribution in [0.5, 0.6) is 0 Å². The summed E-state index contributed by atoms with van der Waals surface area (Å²) in [5.74, 6) is -1.67. The second-order valence-electron chi connectivity index (χ2n) is 4.95. The number of rotatable bonds is 4. The van der Waals surface area contributed by atoms with Gasteiger partial charge in [0.2, 0.25) is 5.91 Å². The molecule has 0 saturated carbocycles. The number of hydrogen-bond donors (Lipinski definition) is 3. The molecule has 20 heavy (non-hydrogen) atoms. The molecule has 1 aromatic carbocycles. The van der Waals surface area contributed by atoms with Crippen molar-refractivity contribution in [2.45, 2.75) is 19.4 Å². The molecule has 1 amide bonds. The minimum Gasteiger partial charge on any atom is -0.480 e. The monoisotopic (exact) mass is 275 g/mol. The first-order valence-corrected chi connectivity index (χ1v) is 6.47. The Labute approximate surface area is 116 Å². The molecule has 5 nitrogen and oxygen atoms in total. The lowest BCUT2D eigenvalue weighted by Crippen LogP contribution is -2.44. The fraction of sp³-hybridized carbons (Fsp3) is 0.333. The third kappa shape index (κ3) is 2.88. The molecule has 0 aromatic heterocycles. The number of nitrogens with one attached hydrogen (secondary N) is 1. The summed E-state index contributed by atoms with van der Waals surface area (Å²) in [5.41, 5.74) is 2.70. The van der Waals surface area contributed by atoms with E-state index in [9.17, 15) is 9.59 Å². The molecule has 0 heterocycles. The number of aliphatic hydroxyl groups is 1. The Morgan fingerprint density at radius 3 is 2.75 bits per heavy atom. The fourth-order valence-corrected chi connectivity index (χ4v) is 2.33. The molecule has 0 bridgehead atoms. The maximum Gasteiger partial charge on any atom is 0.328 e. The van der Waals surface area contributed by atoms with Gasteiger partial charge in [-0.15, -0.1) is 0 Å². The van der Waals surface area contributed by atoms with E-state index in [1.165, 1.54) is 5.56 Å². The van der Waals surface area contributed by atoms with E-state index in [1.54, 1.807) is 6.08 Å². The van der Waals surface area contributed by atoms with E-state index < -0.39 is 24.5 Å². The van der Waals surface area contributed by atoms with E-state index >= 15 is 0 Å². The number of carboxylic acids is 1. The van der Waals surface area contributed by atoms with Gasteiger partial charge in [-0.1, -0.05) is 31.2 Å². The van der Waals surface area contributed by atoms with Gasteiger partial charge in [-0.3, -0.25) is 4.79 Å². The maximum atomic E-state index is 12.1. The summed E-state index contributed by atoms with van der Waals surface area (Å²) in [5, 5.41) is 20.1. The van der Waals surface area contributed by atoms with E-state index in [1.807, 2.05) is 31.2 Å². The molecule has 0 saturated heterocycles. The second-order valence-corrected chi connectivity index (χ2v) is 4.95. The molecule has 0 aliphatic heterocycles. The zero-order chi connectivity index (χ0) is 14.7. The van der Waals surface area contributed by atoms with E-state index in [4.69, 9.17) is 10.2 Å². The Morgan fingerprint density at radius 1 is 1.40 bits per heavy atom. The summed E-state index contributed by atoms with van der Waals surface area (Å²) in [6.45, 7) is 1.30. The van der Waals surface area contributed by atoms with Gasteiger partial charge in [-0.05, 0) is 29.5 Å². The predicted molar refractivity (Wildman–Crippen MR) is 73.9 cm³/mol. The second kappa shape index (κ2) is 5.88. The van der Waals surface area contributed by atoms with Gasteiger partial charge >= 0.3 is 5.97 Å². The summed E-state index contributed by atoms with van der Waals surface area (Å²) in [6.07, 6.45) is 2.53. The number of carboxylic acid groups (broad SMARTS) is 1. The van der Waals surface area contributed by atoms with Crippen molar-refractivity contribution < 1.29 is 19.8 Å². The molecule has 106 valence electrons. The average molecular weight is 275 g/mol. The highest BCUT2D eigenvalue weighted by atomic mass is 16.4. The number of fused-ring (bicyclic) bond motifs is 1. The fourth-order valence-electron chi connectivity index (χ4n) is 2.33. The lowest BCUT2D eigenvalue weighted by molar-refractivity contribution is -0.142. The van der Waals surface area contributed by atoms with Crippen molar-refractivity contribution in [1.29, 1.82) is 0 Å². The van der Waals surface area contributed by atoms with Crippen LogP contribution >= 0.6 is 0 Å². The molecule has 2 atom stereocenters. The number of hydrogen-bond acceptors (Lipinski definition) is 3. The highest BCUT2D eigenvalue weighted by molar-refractivity contribution is 6.00. The first kappa shape index (κ1) is 14.3. The summed E-state index contributed by atoms with van der Waals surface area (Å²) in [6, 6.07) is 6.53. The summed E-state index contributed by atoms with van der Waals surface area (Å²) >= 11 is 0.